The number of rotatable bonds is 1. The summed E-state index contributed by atoms with van der Waals surface area (Å²) in [4.78, 5) is 11.1. The lowest BCUT2D eigenvalue weighted by atomic mass is 9.96. The second-order valence-electron chi connectivity index (χ2n) is 3.60. The van der Waals surface area contributed by atoms with E-state index in [-0.39, 0.29) is 17.1 Å². The molecule has 1 aromatic carbocycles. The Bertz CT molecular complexity index is 346. The number of hydrogen-bond donors (Lipinski definition) is 0. The predicted molar refractivity (Wildman–Crippen MR) is 52.9 cm³/mol. The first-order valence-electron chi connectivity index (χ1n) is 4.47. The van der Waals surface area contributed by atoms with Gasteiger partial charge in [-0.3, -0.25) is 4.79 Å². The number of benzene rings is 1. The highest BCUT2D eigenvalue weighted by Crippen LogP contribution is 2.38. The van der Waals surface area contributed by atoms with Crippen LogP contribution in [0.4, 0.5) is 0 Å². The number of carbonyl (C=O) groups excluding carboxylic acids is 1. The van der Waals surface area contributed by atoms with Crippen LogP contribution in [-0.2, 0) is 11.2 Å². The molecule has 0 saturated heterocycles. The highest BCUT2D eigenvalue weighted by atomic mass is 35.5. The van der Waals surface area contributed by atoms with E-state index in [1.165, 1.54) is 11.1 Å². The molecule has 1 aliphatic rings. The fourth-order valence-electron chi connectivity index (χ4n) is 2.07. The second-order valence-corrected chi connectivity index (χ2v) is 3.97. The Hall–Kier alpha value is -0.820. The molecule has 0 N–H and O–H groups in total. The molecule has 2 atom stereocenters. The van der Waals surface area contributed by atoms with E-state index in [4.69, 9.17) is 11.6 Å². The smallest absolute Gasteiger partial charge is 0.225 e. The Morgan fingerprint density at radius 3 is 2.77 bits per heavy atom. The fourth-order valence-corrected chi connectivity index (χ4v) is 2.34. The maximum Gasteiger partial charge on any atom is 0.225 e. The van der Waals surface area contributed by atoms with Crippen LogP contribution in [-0.4, -0.2) is 5.24 Å². The minimum atomic E-state index is -0.205. The molecule has 0 heterocycles. The minimum absolute atomic E-state index is 0.0148. The Labute approximate surface area is 82.7 Å². The summed E-state index contributed by atoms with van der Waals surface area (Å²) in [6, 6.07) is 8.18. The molecule has 0 spiro atoms. The zero-order chi connectivity index (χ0) is 9.42. The minimum Gasteiger partial charge on any atom is -0.281 e. The molecule has 2 heteroatoms. The quantitative estimate of drug-likeness (QED) is 0.629. The summed E-state index contributed by atoms with van der Waals surface area (Å²) in [5.41, 5.74) is 2.55. The van der Waals surface area contributed by atoms with Gasteiger partial charge in [-0.25, -0.2) is 0 Å². The van der Waals surface area contributed by atoms with E-state index in [1.807, 2.05) is 12.1 Å². The highest BCUT2D eigenvalue weighted by Gasteiger charge is 2.32. The summed E-state index contributed by atoms with van der Waals surface area (Å²) in [6.45, 7) is 2.07. The standard InChI is InChI=1S/C11H11ClO/c1-7-9-5-3-2-4-8(9)6-10(7)11(12)13/h2-5,7,10H,6H2,1H3/t7-,10+/m1/s1. The summed E-state index contributed by atoms with van der Waals surface area (Å²) in [5.74, 6) is 0.264. The molecular weight excluding hydrogens is 184 g/mol. The molecule has 0 aliphatic heterocycles. The first-order valence-corrected chi connectivity index (χ1v) is 4.85. The van der Waals surface area contributed by atoms with E-state index >= 15 is 0 Å². The van der Waals surface area contributed by atoms with Gasteiger partial charge in [-0.2, -0.15) is 0 Å². The first kappa shape index (κ1) is 8.76. The van der Waals surface area contributed by atoms with Gasteiger partial charge in [0.1, 0.15) is 0 Å². The van der Waals surface area contributed by atoms with E-state index in [2.05, 4.69) is 19.1 Å². The topological polar surface area (TPSA) is 17.1 Å². The highest BCUT2D eigenvalue weighted by molar-refractivity contribution is 6.64. The molecule has 0 radical (unpaired) electrons. The van der Waals surface area contributed by atoms with Crippen LogP contribution in [0.1, 0.15) is 24.0 Å². The van der Waals surface area contributed by atoms with Crippen molar-refractivity contribution >= 4 is 16.8 Å². The van der Waals surface area contributed by atoms with Gasteiger partial charge in [-0.05, 0) is 35.1 Å². The summed E-state index contributed by atoms with van der Waals surface area (Å²) in [6.07, 6.45) is 0.805. The summed E-state index contributed by atoms with van der Waals surface area (Å²) < 4.78 is 0. The molecule has 0 unspecified atom stereocenters. The third-order valence-corrected chi connectivity index (χ3v) is 3.16. The number of hydrogen-bond acceptors (Lipinski definition) is 1. The lowest BCUT2D eigenvalue weighted by Gasteiger charge is -2.09. The van der Waals surface area contributed by atoms with Crippen LogP contribution in [0.25, 0.3) is 0 Å². The molecule has 0 saturated carbocycles. The van der Waals surface area contributed by atoms with Crippen molar-refractivity contribution in [3.63, 3.8) is 0 Å². The third-order valence-electron chi connectivity index (χ3n) is 2.88. The van der Waals surface area contributed by atoms with Crippen LogP contribution in [0, 0.1) is 5.92 Å². The second kappa shape index (κ2) is 3.15. The molecule has 2 rings (SSSR count). The van der Waals surface area contributed by atoms with Crippen molar-refractivity contribution in [3.05, 3.63) is 35.4 Å². The van der Waals surface area contributed by atoms with Crippen molar-refractivity contribution in [1.82, 2.24) is 0 Å². The van der Waals surface area contributed by atoms with Gasteiger partial charge in [-0.15, -0.1) is 0 Å². The van der Waals surface area contributed by atoms with Crippen LogP contribution in [0.5, 0.6) is 0 Å². The van der Waals surface area contributed by atoms with Gasteiger partial charge < -0.3 is 0 Å². The molecule has 0 aromatic heterocycles. The zero-order valence-electron chi connectivity index (χ0n) is 7.46. The molecule has 1 nitrogen and oxygen atoms in total. The van der Waals surface area contributed by atoms with Gasteiger partial charge in [0.25, 0.3) is 0 Å². The van der Waals surface area contributed by atoms with Crippen LogP contribution in [0.15, 0.2) is 24.3 Å². The Kier molecular flexibility index (Phi) is 2.12. The molecular formula is C11H11ClO. The molecule has 13 heavy (non-hydrogen) atoms. The van der Waals surface area contributed by atoms with Crippen molar-refractivity contribution in [2.45, 2.75) is 19.3 Å². The van der Waals surface area contributed by atoms with Crippen LogP contribution in [0.2, 0.25) is 0 Å². The molecule has 0 amide bonds. The van der Waals surface area contributed by atoms with Crippen molar-refractivity contribution in [2.24, 2.45) is 5.92 Å². The molecule has 0 fully saturated rings. The van der Waals surface area contributed by atoms with Crippen molar-refractivity contribution in [1.29, 1.82) is 0 Å². The largest absolute Gasteiger partial charge is 0.281 e. The van der Waals surface area contributed by atoms with E-state index in [0.29, 0.717) is 0 Å². The maximum absolute atomic E-state index is 11.1. The van der Waals surface area contributed by atoms with Crippen LogP contribution < -0.4 is 0 Å². The van der Waals surface area contributed by atoms with E-state index in [1.54, 1.807) is 0 Å². The lowest BCUT2D eigenvalue weighted by Crippen LogP contribution is -2.11. The van der Waals surface area contributed by atoms with E-state index < -0.39 is 0 Å². The van der Waals surface area contributed by atoms with Gasteiger partial charge in [-0.1, -0.05) is 31.2 Å². The normalized spacial score (nSPS) is 25.7. The average Bonchev–Trinajstić information content (AvgIpc) is 2.45. The Balaban J connectivity index is 2.38. The molecule has 68 valence electrons. The van der Waals surface area contributed by atoms with Crippen LogP contribution in [0.3, 0.4) is 0 Å². The number of halogens is 1. The lowest BCUT2D eigenvalue weighted by molar-refractivity contribution is -0.115. The van der Waals surface area contributed by atoms with Gasteiger partial charge >= 0.3 is 0 Å². The van der Waals surface area contributed by atoms with Gasteiger partial charge in [0.2, 0.25) is 5.24 Å². The predicted octanol–water partition coefficient (Wildman–Crippen LogP) is 2.73. The molecule has 1 aliphatic carbocycles. The maximum atomic E-state index is 11.1. The van der Waals surface area contributed by atoms with Gasteiger partial charge in [0.15, 0.2) is 0 Å². The van der Waals surface area contributed by atoms with Crippen LogP contribution >= 0.6 is 11.6 Å². The number of carbonyl (C=O) groups is 1. The van der Waals surface area contributed by atoms with Gasteiger partial charge in [0, 0.05) is 5.92 Å². The summed E-state index contributed by atoms with van der Waals surface area (Å²) in [5, 5.41) is -0.205. The van der Waals surface area contributed by atoms with Crippen molar-refractivity contribution < 1.29 is 4.79 Å². The summed E-state index contributed by atoms with van der Waals surface area (Å²) >= 11 is 5.53. The first-order chi connectivity index (χ1) is 6.20. The fraction of sp³-hybridized carbons (Fsp3) is 0.364. The Morgan fingerprint density at radius 1 is 1.46 bits per heavy atom. The molecule has 1 aromatic rings. The van der Waals surface area contributed by atoms with Crippen molar-refractivity contribution in [3.8, 4) is 0 Å². The van der Waals surface area contributed by atoms with E-state index in [0.717, 1.165) is 6.42 Å². The van der Waals surface area contributed by atoms with Crippen molar-refractivity contribution in [2.75, 3.05) is 0 Å². The van der Waals surface area contributed by atoms with E-state index in [9.17, 15) is 4.79 Å². The number of fused-ring (bicyclic) bond motifs is 1. The zero-order valence-corrected chi connectivity index (χ0v) is 8.21. The summed E-state index contributed by atoms with van der Waals surface area (Å²) in [7, 11) is 0. The monoisotopic (exact) mass is 194 g/mol. The average molecular weight is 195 g/mol. The third kappa shape index (κ3) is 1.37. The Morgan fingerprint density at radius 2 is 2.15 bits per heavy atom. The molecule has 0 bridgehead atoms. The SMILES string of the molecule is C[C@@H]1c2ccccc2C[C@@H]1C(=O)Cl. The van der Waals surface area contributed by atoms with Gasteiger partial charge in [0.05, 0.1) is 0 Å².